The molecule has 4 heteroatoms. The number of rotatable bonds is 3. The van der Waals surface area contributed by atoms with Gasteiger partial charge in [0.05, 0.1) is 17.8 Å². The molecule has 0 radical (unpaired) electrons. The van der Waals surface area contributed by atoms with E-state index in [0.717, 1.165) is 32.5 Å². The fourth-order valence-corrected chi connectivity index (χ4v) is 5.02. The molecule has 1 unspecified atom stereocenters. The fourth-order valence-electron chi connectivity index (χ4n) is 4.33. The third-order valence-corrected chi connectivity index (χ3v) is 7.10. The van der Waals surface area contributed by atoms with Crippen LogP contribution in [0, 0.1) is 11.3 Å². The molecule has 2 aliphatic heterocycles. The summed E-state index contributed by atoms with van der Waals surface area (Å²) in [5.74, 6) is 0. The van der Waals surface area contributed by atoms with Crippen LogP contribution in [0.4, 0.5) is 0 Å². The minimum atomic E-state index is -0.127. The van der Waals surface area contributed by atoms with Gasteiger partial charge in [-0.15, -0.1) is 11.8 Å². The number of likely N-dealkylation sites (tertiary alicyclic amines) is 1. The van der Waals surface area contributed by atoms with Crippen LogP contribution in [0.25, 0.3) is 0 Å². The number of ether oxygens (including phenoxy) is 1. The minimum Gasteiger partial charge on any atom is -0.370 e. The van der Waals surface area contributed by atoms with Gasteiger partial charge in [0.1, 0.15) is 4.75 Å². The summed E-state index contributed by atoms with van der Waals surface area (Å²) < 4.78 is 6.36. The van der Waals surface area contributed by atoms with Crippen LogP contribution in [0.15, 0.2) is 0 Å². The smallest absolute Gasteiger partial charge is 0.104 e. The van der Waals surface area contributed by atoms with Crippen LogP contribution in [0.5, 0.6) is 0 Å². The van der Waals surface area contributed by atoms with Crippen molar-refractivity contribution in [1.82, 2.24) is 4.90 Å². The van der Waals surface area contributed by atoms with E-state index in [2.05, 4.69) is 17.2 Å². The maximum atomic E-state index is 9.36. The lowest BCUT2D eigenvalue weighted by atomic mass is 9.83. The molecule has 1 aliphatic carbocycles. The second-order valence-electron chi connectivity index (χ2n) is 7.13. The normalized spacial score (nSPS) is 32.1. The summed E-state index contributed by atoms with van der Waals surface area (Å²) in [7, 11) is 0. The molecule has 0 aromatic heterocycles. The predicted molar refractivity (Wildman–Crippen MR) is 87.5 cm³/mol. The van der Waals surface area contributed by atoms with Gasteiger partial charge in [-0.1, -0.05) is 19.3 Å². The summed E-state index contributed by atoms with van der Waals surface area (Å²) >= 11 is 1.74. The van der Waals surface area contributed by atoms with Crippen molar-refractivity contribution in [2.75, 3.05) is 25.9 Å². The van der Waals surface area contributed by atoms with E-state index in [1.54, 1.807) is 11.8 Å². The van der Waals surface area contributed by atoms with Crippen molar-refractivity contribution in [3.8, 4) is 6.07 Å². The van der Waals surface area contributed by atoms with Crippen molar-refractivity contribution in [3.05, 3.63) is 0 Å². The van der Waals surface area contributed by atoms with Gasteiger partial charge in [0.25, 0.3) is 0 Å². The molecule has 3 nitrogen and oxygen atoms in total. The van der Waals surface area contributed by atoms with Crippen LogP contribution in [0.3, 0.4) is 0 Å². The van der Waals surface area contributed by atoms with E-state index in [1.165, 1.54) is 44.9 Å². The van der Waals surface area contributed by atoms with Gasteiger partial charge in [-0.25, -0.2) is 0 Å². The third-order valence-electron chi connectivity index (χ3n) is 5.82. The van der Waals surface area contributed by atoms with Gasteiger partial charge in [-0.2, -0.15) is 5.26 Å². The lowest BCUT2D eigenvalue weighted by Crippen LogP contribution is -2.45. The van der Waals surface area contributed by atoms with Crippen LogP contribution < -0.4 is 0 Å². The highest BCUT2D eigenvalue weighted by Gasteiger charge is 2.42. The molecule has 21 heavy (non-hydrogen) atoms. The highest BCUT2D eigenvalue weighted by Crippen LogP contribution is 2.42. The molecule has 1 spiro atoms. The maximum Gasteiger partial charge on any atom is 0.104 e. The monoisotopic (exact) mass is 308 g/mol. The van der Waals surface area contributed by atoms with E-state index in [4.69, 9.17) is 4.74 Å². The Kier molecular flexibility index (Phi) is 4.83. The van der Waals surface area contributed by atoms with E-state index in [1.807, 2.05) is 0 Å². The Balaban J connectivity index is 1.47. The second-order valence-corrected chi connectivity index (χ2v) is 8.32. The predicted octanol–water partition coefficient (Wildman–Crippen LogP) is 3.59. The number of hydrogen-bond donors (Lipinski definition) is 0. The van der Waals surface area contributed by atoms with Crippen LogP contribution in [0.2, 0.25) is 0 Å². The van der Waals surface area contributed by atoms with E-state index < -0.39 is 0 Å². The zero-order valence-corrected chi connectivity index (χ0v) is 14.1. The zero-order valence-electron chi connectivity index (χ0n) is 13.3. The van der Waals surface area contributed by atoms with Gasteiger partial charge >= 0.3 is 0 Å². The summed E-state index contributed by atoms with van der Waals surface area (Å²) in [6.07, 6.45) is 13.7. The SMILES string of the molecule is CSC1(C#N)CCN(CC2CCC3(CCCCC3)O2)CC1. The Labute approximate surface area is 133 Å². The van der Waals surface area contributed by atoms with Crippen molar-refractivity contribution in [1.29, 1.82) is 5.26 Å². The first-order valence-corrected chi connectivity index (χ1v) is 9.78. The summed E-state index contributed by atoms with van der Waals surface area (Å²) in [6.45, 7) is 3.19. The third kappa shape index (κ3) is 3.41. The minimum absolute atomic E-state index is 0.127. The quantitative estimate of drug-likeness (QED) is 0.798. The van der Waals surface area contributed by atoms with Gasteiger partial charge in [-0.05, 0) is 44.8 Å². The van der Waals surface area contributed by atoms with Crippen molar-refractivity contribution in [3.63, 3.8) is 0 Å². The van der Waals surface area contributed by atoms with Crippen LogP contribution in [-0.4, -0.2) is 47.2 Å². The molecule has 0 amide bonds. The molecule has 0 N–H and O–H groups in total. The molecule has 2 saturated heterocycles. The largest absolute Gasteiger partial charge is 0.370 e. The summed E-state index contributed by atoms with van der Waals surface area (Å²) in [4.78, 5) is 2.53. The number of nitrogens with zero attached hydrogens (tertiary/aromatic N) is 2. The molecular formula is C17H28N2OS. The standard InChI is InChI=1S/C17H28N2OS/c1-21-17(14-18)9-11-19(12-10-17)13-15-5-8-16(20-15)6-3-2-4-7-16/h15H,2-13H2,1H3. The van der Waals surface area contributed by atoms with Gasteiger partial charge in [0.15, 0.2) is 0 Å². The van der Waals surface area contributed by atoms with Crippen LogP contribution in [0.1, 0.15) is 57.8 Å². The molecule has 3 rings (SSSR count). The highest BCUT2D eigenvalue weighted by molar-refractivity contribution is 8.00. The van der Waals surface area contributed by atoms with E-state index in [9.17, 15) is 5.26 Å². The Morgan fingerprint density at radius 1 is 1.14 bits per heavy atom. The van der Waals surface area contributed by atoms with E-state index in [-0.39, 0.29) is 10.3 Å². The molecule has 3 fully saturated rings. The van der Waals surface area contributed by atoms with E-state index >= 15 is 0 Å². The first-order chi connectivity index (χ1) is 10.2. The Morgan fingerprint density at radius 3 is 2.48 bits per heavy atom. The number of piperidine rings is 1. The van der Waals surface area contributed by atoms with Crippen molar-refractivity contribution in [2.24, 2.45) is 0 Å². The summed E-state index contributed by atoms with van der Waals surface area (Å²) in [5, 5.41) is 9.36. The van der Waals surface area contributed by atoms with Gasteiger partial charge in [0.2, 0.25) is 0 Å². The first-order valence-electron chi connectivity index (χ1n) is 8.56. The van der Waals surface area contributed by atoms with Crippen LogP contribution >= 0.6 is 11.8 Å². The Bertz CT molecular complexity index is 392. The highest BCUT2D eigenvalue weighted by atomic mass is 32.2. The zero-order chi connectivity index (χ0) is 14.8. The topological polar surface area (TPSA) is 36.3 Å². The summed E-state index contributed by atoms with van der Waals surface area (Å²) in [6, 6.07) is 2.53. The van der Waals surface area contributed by atoms with Crippen molar-refractivity contribution < 1.29 is 4.74 Å². The Morgan fingerprint density at radius 2 is 1.86 bits per heavy atom. The number of thioether (sulfide) groups is 1. The van der Waals surface area contributed by atoms with Gasteiger partial charge < -0.3 is 9.64 Å². The van der Waals surface area contributed by atoms with Crippen molar-refractivity contribution in [2.45, 2.75) is 74.2 Å². The van der Waals surface area contributed by atoms with Crippen molar-refractivity contribution >= 4 is 11.8 Å². The molecular weight excluding hydrogens is 280 g/mol. The lowest BCUT2D eigenvalue weighted by molar-refractivity contribution is -0.0730. The van der Waals surface area contributed by atoms with Gasteiger partial charge in [0, 0.05) is 19.6 Å². The van der Waals surface area contributed by atoms with Crippen LogP contribution in [-0.2, 0) is 4.74 Å². The average molecular weight is 308 g/mol. The van der Waals surface area contributed by atoms with E-state index in [0.29, 0.717) is 6.10 Å². The molecule has 0 aromatic carbocycles. The fraction of sp³-hybridized carbons (Fsp3) is 0.941. The molecule has 0 aromatic rings. The first kappa shape index (κ1) is 15.6. The molecule has 118 valence electrons. The molecule has 1 atom stereocenters. The Hall–Kier alpha value is -0.240. The molecule has 2 heterocycles. The molecule has 3 aliphatic rings. The summed E-state index contributed by atoms with van der Waals surface area (Å²) in [5.41, 5.74) is 0.244. The number of hydrogen-bond acceptors (Lipinski definition) is 4. The lowest BCUT2D eigenvalue weighted by Gasteiger charge is -2.38. The molecule has 0 bridgehead atoms. The molecule has 1 saturated carbocycles. The average Bonchev–Trinajstić information content (AvgIpc) is 2.91. The number of nitriles is 1. The second kappa shape index (κ2) is 6.48. The van der Waals surface area contributed by atoms with Gasteiger partial charge in [-0.3, -0.25) is 0 Å². The maximum absolute atomic E-state index is 9.36.